The standard InChI is InChI=1S/C3H3FN2O2S.CHF3O3S/c4-9(7,8)3-5-1-2-6-3;2-1(3,4)8(5,6)7/h1-2H,(H,5,6);(H,5,6,7). The Hall–Kier alpha value is -1.21. The molecule has 100 valence electrons. The van der Waals surface area contributed by atoms with Crippen molar-refractivity contribution in [3.63, 3.8) is 0 Å². The second-order valence-corrected chi connectivity index (χ2v) is 4.93. The van der Waals surface area contributed by atoms with Crippen LogP contribution in [0.5, 0.6) is 0 Å². The average molecular weight is 300 g/mol. The van der Waals surface area contributed by atoms with E-state index in [2.05, 4.69) is 9.97 Å². The second-order valence-electron chi connectivity index (χ2n) is 2.25. The van der Waals surface area contributed by atoms with Crippen molar-refractivity contribution >= 4 is 20.3 Å². The maximum absolute atomic E-state index is 11.8. The maximum Gasteiger partial charge on any atom is 0.522 e. The van der Waals surface area contributed by atoms with E-state index in [1.165, 1.54) is 6.20 Å². The van der Waals surface area contributed by atoms with Gasteiger partial charge in [-0.1, -0.05) is 3.89 Å². The monoisotopic (exact) mass is 300 g/mol. The number of nitrogens with one attached hydrogen (secondary N) is 1. The Morgan fingerprint density at radius 3 is 1.76 bits per heavy atom. The third-order valence-electron chi connectivity index (χ3n) is 0.997. The molecule has 1 rings (SSSR count). The van der Waals surface area contributed by atoms with Gasteiger partial charge in [0.25, 0.3) is 5.16 Å². The fraction of sp³-hybridized carbons (Fsp3) is 0.250. The van der Waals surface area contributed by atoms with Crippen LogP contribution in [0.2, 0.25) is 0 Å². The first-order valence-electron chi connectivity index (χ1n) is 3.33. The van der Waals surface area contributed by atoms with Crippen LogP contribution >= 0.6 is 0 Å². The lowest BCUT2D eigenvalue weighted by Gasteiger charge is -1.97. The van der Waals surface area contributed by atoms with Crippen LogP contribution in [0.4, 0.5) is 17.1 Å². The fourth-order valence-corrected chi connectivity index (χ4v) is 0.780. The van der Waals surface area contributed by atoms with Gasteiger partial charge < -0.3 is 4.98 Å². The highest BCUT2D eigenvalue weighted by Crippen LogP contribution is 2.20. The van der Waals surface area contributed by atoms with Gasteiger partial charge in [0, 0.05) is 12.4 Å². The Morgan fingerprint density at radius 1 is 1.24 bits per heavy atom. The summed E-state index contributed by atoms with van der Waals surface area (Å²) >= 11 is 0. The molecule has 0 fully saturated rings. The van der Waals surface area contributed by atoms with Crippen LogP contribution in [-0.2, 0) is 20.3 Å². The summed E-state index contributed by atoms with van der Waals surface area (Å²) in [4.78, 5) is 5.27. The van der Waals surface area contributed by atoms with Crippen molar-refractivity contribution in [1.29, 1.82) is 0 Å². The third-order valence-corrected chi connectivity index (χ3v) is 2.27. The molecular formula is C4H4F4N2O5S2. The Balaban J connectivity index is 0.000000304. The molecule has 0 spiro atoms. The number of H-pyrrole nitrogens is 1. The van der Waals surface area contributed by atoms with E-state index in [4.69, 9.17) is 13.0 Å². The quantitative estimate of drug-likeness (QED) is 0.337. The Labute approximate surface area is 92.4 Å². The molecule has 2 N–H and O–H groups in total. The van der Waals surface area contributed by atoms with E-state index >= 15 is 0 Å². The predicted molar refractivity (Wildman–Crippen MR) is 44.5 cm³/mol. The lowest BCUT2D eigenvalue weighted by Crippen LogP contribution is -2.21. The Morgan fingerprint density at radius 2 is 1.65 bits per heavy atom. The first kappa shape index (κ1) is 15.8. The van der Waals surface area contributed by atoms with Gasteiger partial charge in [0.1, 0.15) is 0 Å². The highest BCUT2D eigenvalue weighted by molar-refractivity contribution is 7.86. The first-order valence-corrected chi connectivity index (χ1v) is 6.16. The fourth-order valence-electron chi connectivity index (χ4n) is 0.384. The summed E-state index contributed by atoms with van der Waals surface area (Å²) in [5.74, 6) is 0. The van der Waals surface area contributed by atoms with Gasteiger partial charge >= 0.3 is 25.8 Å². The van der Waals surface area contributed by atoms with Crippen molar-refractivity contribution in [2.45, 2.75) is 10.7 Å². The number of aromatic amines is 1. The zero-order valence-electron chi connectivity index (χ0n) is 7.51. The van der Waals surface area contributed by atoms with E-state index in [9.17, 15) is 25.5 Å². The van der Waals surface area contributed by atoms with Crippen molar-refractivity contribution < 1.29 is 38.4 Å². The smallest absolute Gasteiger partial charge is 0.333 e. The van der Waals surface area contributed by atoms with Crippen LogP contribution in [0, 0.1) is 0 Å². The summed E-state index contributed by atoms with van der Waals surface area (Å²) in [7, 11) is -10.5. The molecule has 0 aromatic carbocycles. The largest absolute Gasteiger partial charge is 0.522 e. The second kappa shape index (κ2) is 4.97. The molecule has 0 unspecified atom stereocenters. The van der Waals surface area contributed by atoms with Crippen LogP contribution in [0.15, 0.2) is 17.6 Å². The lowest BCUT2D eigenvalue weighted by atomic mass is 11.0. The molecule has 0 atom stereocenters. The summed E-state index contributed by atoms with van der Waals surface area (Å²) in [5, 5.41) is -0.650. The van der Waals surface area contributed by atoms with Gasteiger partial charge in [-0.2, -0.15) is 30.0 Å². The number of alkyl halides is 3. The number of imidazole rings is 1. The average Bonchev–Trinajstić information content (AvgIpc) is 2.50. The third kappa shape index (κ3) is 5.60. The van der Waals surface area contributed by atoms with Crippen LogP contribution in [0.1, 0.15) is 0 Å². The van der Waals surface area contributed by atoms with E-state index in [-0.39, 0.29) is 0 Å². The summed E-state index contributed by atoms with van der Waals surface area (Å²) in [6.07, 6.45) is 2.39. The molecule has 1 heterocycles. The minimum absolute atomic E-state index is 0.650. The maximum atomic E-state index is 11.8. The van der Waals surface area contributed by atoms with Crippen molar-refractivity contribution in [2.75, 3.05) is 0 Å². The Bertz CT molecular complexity index is 545. The molecule has 0 radical (unpaired) electrons. The Kier molecular flexibility index (Phi) is 4.62. The van der Waals surface area contributed by atoms with E-state index in [1.54, 1.807) is 0 Å². The van der Waals surface area contributed by atoms with E-state index in [1.807, 2.05) is 0 Å². The molecule has 0 aliphatic rings. The summed E-state index contributed by atoms with van der Waals surface area (Å²) in [6.45, 7) is 0. The van der Waals surface area contributed by atoms with Gasteiger partial charge in [0.15, 0.2) is 0 Å². The van der Waals surface area contributed by atoms with E-state index in [0.29, 0.717) is 0 Å². The molecule has 0 bridgehead atoms. The summed E-state index contributed by atoms with van der Waals surface area (Å²) in [6, 6.07) is 0. The SMILES string of the molecule is O=S(=O)(F)c1ncc[nH]1.O=S(=O)(O)C(F)(F)F. The molecule has 13 heteroatoms. The van der Waals surface area contributed by atoms with Gasteiger partial charge in [-0.3, -0.25) is 4.55 Å². The van der Waals surface area contributed by atoms with Crippen LogP contribution < -0.4 is 0 Å². The van der Waals surface area contributed by atoms with E-state index < -0.39 is 31.0 Å². The van der Waals surface area contributed by atoms with Gasteiger partial charge in [0.05, 0.1) is 0 Å². The van der Waals surface area contributed by atoms with Crippen LogP contribution in [0.3, 0.4) is 0 Å². The summed E-state index contributed by atoms with van der Waals surface area (Å²) in [5.41, 5.74) is -5.53. The predicted octanol–water partition coefficient (Wildman–Crippen LogP) is 0.462. The normalized spacial score (nSPS) is 12.8. The van der Waals surface area contributed by atoms with Gasteiger partial charge in [-0.25, -0.2) is 4.98 Å². The molecule has 0 saturated heterocycles. The van der Waals surface area contributed by atoms with Crippen molar-refractivity contribution in [3.05, 3.63) is 12.4 Å². The van der Waals surface area contributed by atoms with Crippen LogP contribution in [-0.4, -0.2) is 36.9 Å². The minimum atomic E-state index is -5.84. The highest BCUT2D eigenvalue weighted by atomic mass is 32.3. The molecule has 1 aromatic heterocycles. The van der Waals surface area contributed by atoms with Crippen molar-refractivity contribution in [2.24, 2.45) is 0 Å². The van der Waals surface area contributed by atoms with Crippen molar-refractivity contribution in [1.82, 2.24) is 9.97 Å². The number of hydrogen-bond donors (Lipinski definition) is 2. The molecule has 7 nitrogen and oxygen atoms in total. The summed E-state index contributed by atoms with van der Waals surface area (Å²) < 4.78 is 89.2. The zero-order valence-corrected chi connectivity index (χ0v) is 9.14. The molecule has 0 saturated carbocycles. The number of aromatic nitrogens is 2. The number of hydrogen-bond acceptors (Lipinski definition) is 5. The van der Waals surface area contributed by atoms with Crippen molar-refractivity contribution in [3.8, 4) is 0 Å². The number of nitrogens with zero attached hydrogens (tertiary/aromatic N) is 1. The molecule has 0 aliphatic heterocycles. The van der Waals surface area contributed by atoms with Gasteiger partial charge in [-0.05, 0) is 0 Å². The van der Waals surface area contributed by atoms with Crippen LogP contribution in [0.25, 0.3) is 0 Å². The van der Waals surface area contributed by atoms with Gasteiger partial charge in [0.2, 0.25) is 0 Å². The van der Waals surface area contributed by atoms with E-state index in [0.717, 1.165) is 6.20 Å². The molecule has 0 aliphatic carbocycles. The molecular weight excluding hydrogens is 296 g/mol. The molecule has 0 amide bonds. The van der Waals surface area contributed by atoms with Gasteiger partial charge in [-0.15, -0.1) is 0 Å². The topological polar surface area (TPSA) is 117 Å². The number of rotatable bonds is 1. The molecule has 1 aromatic rings. The lowest BCUT2D eigenvalue weighted by molar-refractivity contribution is -0.0510. The zero-order chi connectivity index (χ0) is 13.9. The molecule has 17 heavy (non-hydrogen) atoms. The number of halogens is 4. The highest BCUT2D eigenvalue weighted by Gasteiger charge is 2.44. The first-order chi connectivity index (χ1) is 7.36. The minimum Gasteiger partial charge on any atom is -0.333 e.